The minimum Gasteiger partial charge on any atom is -0.460 e. The van der Waals surface area contributed by atoms with Gasteiger partial charge in [-0.15, -0.1) is 0 Å². The van der Waals surface area contributed by atoms with E-state index >= 15 is 0 Å². The lowest BCUT2D eigenvalue weighted by Gasteiger charge is -2.57. The summed E-state index contributed by atoms with van der Waals surface area (Å²) in [4.78, 5) is 5.11. The monoisotopic (exact) mass is 856 g/mol. The molecule has 0 spiro atoms. The molecular formula is C62H52N2O2. The molecule has 13 rings (SSSR count). The van der Waals surface area contributed by atoms with Gasteiger partial charge in [0.25, 0.3) is 0 Å². The van der Waals surface area contributed by atoms with E-state index in [0.29, 0.717) is 0 Å². The molecule has 0 saturated heterocycles. The molecule has 4 nitrogen and oxygen atoms in total. The third-order valence-electron chi connectivity index (χ3n) is 16.5. The summed E-state index contributed by atoms with van der Waals surface area (Å²) in [5, 5.41) is 3.27. The highest BCUT2D eigenvalue weighted by Gasteiger charge is 2.59. The zero-order chi connectivity index (χ0) is 44.7. The van der Waals surface area contributed by atoms with E-state index in [-0.39, 0.29) is 28.3 Å². The van der Waals surface area contributed by atoms with Gasteiger partial charge >= 0.3 is 0 Å². The van der Waals surface area contributed by atoms with Crippen LogP contribution in [0.1, 0.15) is 64.0 Å². The number of furan rings is 2. The molecule has 0 amide bonds. The predicted molar refractivity (Wildman–Crippen MR) is 274 cm³/mol. The lowest BCUT2D eigenvalue weighted by molar-refractivity contribution is 0.198. The van der Waals surface area contributed by atoms with Gasteiger partial charge in [-0.3, -0.25) is 0 Å². The smallest absolute Gasteiger partial charge is 0.141 e. The quantitative estimate of drug-likeness (QED) is 0.177. The molecular weight excluding hydrogens is 805 g/mol. The number of benzene rings is 7. The molecule has 66 heavy (non-hydrogen) atoms. The van der Waals surface area contributed by atoms with Crippen molar-refractivity contribution >= 4 is 61.7 Å². The maximum Gasteiger partial charge on any atom is 0.141 e. The molecule has 4 heteroatoms. The maximum absolute atomic E-state index is 7.33. The molecule has 4 heterocycles. The van der Waals surface area contributed by atoms with Crippen LogP contribution >= 0.6 is 0 Å². The fraction of sp³-hybridized carbons (Fsp3) is 0.194. The molecule has 0 saturated carbocycles. The van der Waals surface area contributed by atoms with Crippen LogP contribution in [0.15, 0.2) is 197 Å². The summed E-state index contributed by atoms with van der Waals surface area (Å²) in [5.41, 5.74) is 14.7. The van der Waals surface area contributed by atoms with Crippen LogP contribution in [0, 0.1) is 5.92 Å². The number of para-hydroxylation sites is 1. The molecule has 7 aromatic carbocycles. The SMILES string of the molecule is CC1(C)c2c(ccc3c2oc2cc4c5c(oc4cc23)C2(C)C(C=C5)N(c3cccc(-c4ccccc4)c3)c3ccccc3C2(C)C)N(c2cccc(-c3ccccc3)c2)C2(C)C=CC=CC12. The van der Waals surface area contributed by atoms with E-state index in [1.165, 1.54) is 44.8 Å². The summed E-state index contributed by atoms with van der Waals surface area (Å²) < 4.78 is 14.6. The van der Waals surface area contributed by atoms with Gasteiger partial charge in [0, 0.05) is 66.8 Å². The summed E-state index contributed by atoms with van der Waals surface area (Å²) in [5.74, 6) is 1.20. The van der Waals surface area contributed by atoms with E-state index in [9.17, 15) is 0 Å². The highest BCUT2D eigenvalue weighted by atomic mass is 16.3. The van der Waals surface area contributed by atoms with Gasteiger partial charge in [0.15, 0.2) is 0 Å². The van der Waals surface area contributed by atoms with Crippen molar-refractivity contribution in [3.05, 3.63) is 211 Å². The van der Waals surface area contributed by atoms with Crippen molar-refractivity contribution < 1.29 is 8.83 Å². The Bertz CT molecular complexity index is 3550. The summed E-state index contributed by atoms with van der Waals surface area (Å²) in [6.45, 7) is 14.4. The molecule has 0 radical (unpaired) electrons. The van der Waals surface area contributed by atoms with E-state index < -0.39 is 5.41 Å². The van der Waals surface area contributed by atoms with Gasteiger partial charge < -0.3 is 18.6 Å². The van der Waals surface area contributed by atoms with Crippen molar-refractivity contribution in [2.24, 2.45) is 5.92 Å². The molecule has 4 unspecified atom stereocenters. The Morgan fingerprint density at radius 3 is 1.89 bits per heavy atom. The third-order valence-corrected chi connectivity index (χ3v) is 16.5. The number of nitrogens with zero attached hydrogens (tertiary/aromatic N) is 2. The fourth-order valence-electron chi connectivity index (χ4n) is 12.9. The van der Waals surface area contributed by atoms with Crippen LogP contribution in [0.5, 0.6) is 0 Å². The molecule has 0 bridgehead atoms. The normalized spacial score (nSPS) is 23.1. The van der Waals surface area contributed by atoms with E-state index in [4.69, 9.17) is 8.83 Å². The van der Waals surface area contributed by atoms with Crippen molar-refractivity contribution in [3.8, 4) is 22.3 Å². The Balaban J connectivity index is 0.979. The van der Waals surface area contributed by atoms with Gasteiger partial charge in [-0.1, -0.05) is 167 Å². The zero-order valence-electron chi connectivity index (χ0n) is 38.3. The topological polar surface area (TPSA) is 32.8 Å². The molecule has 9 aromatic rings. The molecule has 0 fully saturated rings. The zero-order valence-corrected chi connectivity index (χ0v) is 38.3. The van der Waals surface area contributed by atoms with Gasteiger partial charge in [-0.2, -0.15) is 0 Å². The third kappa shape index (κ3) is 5.16. The first-order chi connectivity index (χ1) is 32.0. The van der Waals surface area contributed by atoms with Crippen LogP contribution in [0.4, 0.5) is 22.7 Å². The van der Waals surface area contributed by atoms with Gasteiger partial charge in [-0.05, 0) is 96.3 Å². The maximum atomic E-state index is 7.33. The van der Waals surface area contributed by atoms with Crippen molar-refractivity contribution in [2.75, 3.05) is 9.80 Å². The van der Waals surface area contributed by atoms with E-state index in [2.05, 4.69) is 246 Å². The average Bonchev–Trinajstić information content (AvgIpc) is 3.89. The molecule has 4 aliphatic rings. The lowest BCUT2D eigenvalue weighted by Crippen LogP contribution is -2.61. The Morgan fingerprint density at radius 2 is 1.15 bits per heavy atom. The number of anilines is 4. The van der Waals surface area contributed by atoms with Crippen LogP contribution in [0.2, 0.25) is 0 Å². The summed E-state index contributed by atoms with van der Waals surface area (Å²) in [6.07, 6.45) is 14.0. The largest absolute Gasteiger partial charge is 0.460 e. The Labute approximate surface area is 386 Å². The van der Waals surface area contributed by atoms with Gasteiger partial charge in [-0.25, -0.2) is 0 Å². The molecule has 4 atom stereocenters. The minimum atomic E-state index is -0.435. The number of fused-ring (bicyclic) bond motifs is 12. The van der Waals surface area contributed by atoms with Gasteiger partial charge in [0.1, 0.15) is 22.5 Å². The summed E-state index contributed by atoms with van der Waals surface area (Å²) in [6, 6.07) is 57.5. The van der Waals surface area contributed by atoms with Gasteiger partial charge in [0.2, 0.25) is 0 Å². The lowest BCUT2D eigenvalue weighted by atomic mass is 9.53. The second-order valence-corrected chi connectivity index (χ2v) is 20.5. The van der Waals surface area contributed by atoms with Crippen LogP contribution in [0.3, 0.4) is 0 Å². The number of rotatable bonds is 4. The van der Waals surface area contributed by atoms with Crippen molar-refractivity contribution in [2.45, 2.75) is 69.4 Å². The fourth-order valence-corrected chi connectivity index (χ4v) is 12.9. The van der Waals surface area contributed by atoms with E-state index in [1.54, 1.807) is 0 Å². The first-order valence-corrected chi connectivity index (χ1v) is 23.5. The Hall–Kier alpha value is -7.30. The van der Waals surface area contributed by atoms with Crippen LogP contribution < -0.4 is 9.80 Å². The Kier molecular flexibility index (Phi) is 8.07. The molecule has 0 N–H and O–H groups in total. The van der Waals surface area contributed by atoms with Crippen molar-refractivity contribution in [1.82, 2.24) is 0 Å². The number of hydrogen-bond acceptors (Lipinski definition) is 4. The molecule has 322 valence electrons. The van der Waals surface area contributed by atoms with Crippen LogP contribution in [0.25, 0.3) is 61.2 Å². The van der Waals surface area contributed by atoms with Crippen molar-refractivity contribution in [1.29, 1.82) is 0 Å². The van der Waals surface area contributed by atoms with Crippen molar-refractivity contribution in [3.63, 3.8) is 0 Å². The summed E-state index contributed by atoms with van der Waals surface area (Å²) >= 11 is 0. The van der Waals surface area contributed by atoms with E-state index in [1.807, 2.05) is 0 Å². The second kappa shape index (κ2) is 13.6. The van der Waals surface area contributed by atoms with Crippen LogP contribution in [-0.2, 0) is 16.2 Å². The highest BCUT2D eigenvalue weighted by molar-refractivity contribution is 6.13. The minimum absolute atomic E-state index is 0.00948. The Morgan fingerprint density at radius 1 is 0.515 bits per heavy atom. The standard InChI is InChI=1S/C62H52N2O2/c1-59(2)54-29-15-16-34-61(54,5)64(44-26-18-24-42(36-44)40-21-11-8-12-22-40)51-32-30-45-47-37-53-48(38-52(47)65-57(45)56(51)59)46-31-33-55-62(6,58(46)66-53)60(3,4)49-27-13-14-28-50(49)63(55)43-25-17-23-41(35-43)39-19-9-7-10-20-39/h7-38,54-55H,1-6H3. The number of hydrogen-bond donors (Lipinski definition) is 0. The number of allylic oxidation sites excluding steroid dienone is 2. The second-order valence-electron chi connectivity index (χ2n) is 20.5. The first kappa shape index (κ1) is 39.1. The van der Waals surface area contributed by atoms with Crippen LogP contribution in [-0.4, -0.2) is 11.6 Å². The summed E-state index contributed by atoms with van der Waals surface area (Å²) in [7, 11) is 0. The van der Waals surface area contributed by atoms with E-state index in [0.717, 1.165) is 55.6 Å². The average molecular weight is 857 g/mol. The predicted octanol–water partition coefficient (Wildman–Crippen LogP) is 16.4. The highest BCUT2D eigenvalue weighted by Crippen LogP contribution is 2.61. The molecule has 2 aliphatic heterocycles. The molecule has 2 aromatic heterocycles. The first-order valence-electron chi connectivity index (χ1n) is 23.5. The molecule has 2 aliphatic carbocycles. The van der Waals surface area contributed by atoms with Gasteiger partial charge in [0.05, 0.1) is 17.0 Å².